The van der Waals surface area contributed by atoms with Crippen molar-refractivity contribution in [3.05, 3.63) is 71.8 Å². The van der Waals surface area contributed by atoms with Crippen LogP contribution in [0.15, 0.2) is 65.7 Å². The highest BCUT2D eigenvalue weighted by atomic mass is 127. The van der Waals surface area contributed by atoms with Gasteiger partial charge in [0.15, 0.2) is 5.96 Å². The molecule has 0 saturated carbocycles. The van der Waals surface area contributed by atoms with E-state index in [0.29, 0.717) is 24.0 Å². The van der Waals surface area contributed by atoms with Crippen LogP contribution < -0.4 is 5.32 Å². The topological polar surface area (TPSA) is 44.7 Å². The molecule has 0 amide bonds. The maximum absolute atomic E-state index is 12.3. The van der Waals surface area contributed by atoms with Crippen LogP contribution in [0.3, 0.4) is 0 Å². The summed E-state index contributed by atoms with van der Waals surface area (Å²) >= 11 is 0. The lowest BCUT2D eigenvalue weighted by Crippen LogP contribution is -2.40. The Balaban J connectivity index is 0.00000300. The fourth-order valence-corrected chi connectivity index (χ4v) is 4.65. The number of likely N-dealkylation sites (tertiary alicyclic amines) is 1. The van der Waals surface area contributed by atoms with Gasteiger partial charge in [0.2, 0.25) is 0 Å². The summed E-state index contributed by atoms with van der Waals surface area (Å²) < 4.78 is 12.3. The van der Waals surface area contributed by atoms with Crippen molar-refractivity contribution in [1.29, 1.82) is 0 Å². The summed E-state index contributed by atoms with van der Waals surface area (Å²) in [6.45, 7) is 5.62. The van der Waals surface area contributed by atoms with Crippen molar-refractivity contribution in [3.8, 4) is 0 Å². The molecule has 3 rings (SSSR count). The molecule has 6 heteroatoms. The minimum Gasteiger partial charge on any atom is -0.357 e. The number of nitrogens with zero attached hydrogens (tertiary/aromatic N) is 2. The molecule has 4 nitrogen and oxygen atoms in total. The molecule has 0 spiro atoms. The molecule has 0 aromatic heterocycles. The Kier molecular flexibility index (Phi) is 10.7. The molecular weight excluding hydrogens is 493 g/mol. The van der Waals surface area contributed by atoms with E-state index in [1.54, 1.807) is 0 Å². The Morgan fingerprint density at radius 2 is 1.76 bits per heavy atom. The average Bonchev–Trinajstić information content (AvgIpc) is 3.17. The van der Waals surface area contributed by atoms with Gasteiger partial charge in [-0.05, 0) is 36.8 Å². The second kappa shape index (κ2) is 13.0. The van der Waals surface area contributed by atoms with Crippen LogP contribution in [0.1, 0.15) is 24.5 Å². The first-order valence-electron chi connectivity index (χ1n) is 10.2. The standard InChI is InChI=1S/C23H31N3OS.HI/c1-2-24-23(25-14-16-28(27)19-21-11-7-4-8-12-21)26-15-13-22(18-26)17-20-9-5-3-6-10-20;/h3-12,22H,2,13-19H2,1H3,(H,24,25);1H. The molecule has 29 heavy (non-hydrogen) atoms. The van der Waals surface area contributed by atoms with Gasteiger partial charge < -0.3 is 10.2 Å². The summed E-state index contributed by atoms with van der Waals surface area (Å²) in [5.74, 6) is 2.84. The first-order valence-corrected chi connectivity index (χ1v) is 11.7. The Labute approximate surface area is 194 Å². The number of halogens is 1. The molecular formula is C23H32IN3OS. The lowest BCUT2D eigenvalue weighted by molar-refractivity contribution is 0.460. The first-order chi connectivity index (χ1) is 13.7. The summed E-state index contributed by atoms with van der Waals surface area (Å²) in [6, 6.07) is 20.8. The van der Waals surface area contributed by atoms with E-state index in [9.17, 15) is 4.21 Å². The van der Waals surface area contributed by atoms with Gasteiger partial charge in [0.25, 0.3) is 0 Å². The van der Waals surface area contributed by atoms with Crippen LogP contribution >= 0.6 is 24.0 Å². The molecule has 2 aromatic carbocycles. The SMILES string of the molecule is CCNC(=NCCS(=O)Cc1ccccc1)N1CCC(Cc2ccccc2)C1.I. The van der Waals surface area contributed by atoms with E-state index < -0.39 is 10.8 Å². The molecule has 1 heterocycles. The van der Waals surface area contributed by atoms with E-state index in [1.807, 2.05) is 30.3 Å². The van der Waals surface area contributed by atoms with E-state index in [1.165, 1.54) is 12.0 Å². The van der Waals surface area contributed by atoms with Crippen LogP contribution in [-0.2, 0) is 23.0 Å². The quantitative estimate of drug-likeness (QED) is 0.321. The highest BCUT2D eigenvalue weighted by molar-refractivity contribution is 14.0. The molecule has 1 aliphatic rings. The Morgan fingerprint density at radius 1 is 1.10 bits per heavy atom. The maximum atomic E-state index is 12.3. The van der Waals surface area contributed by atoms with E-state index in [4.69, 9.17) is 4.99 Å². The molecule has 2 atom stereocenters. The smallest absolute Gasteiger partial charge is 0.193 e. The summed E-state index contributed by atoms with van der Waals surface area (Å²) in [5.41, 5.74) is 2.53. The number of guanidine groups is 1. The van der Waals surface area contributed by atoms with Gasteiger partial charge in [0.05, 0.1) is 6.54 Å². The lowest BCUT2D eigenvalue weighted by Gasteiger charge is -2.21. The molecule has 2 unspecified atom stereocenters. The number of aliphatic imine (C=N–C) groups is 1. The minimum atomic E-state index is -0.880. The summed E-state index contributed by atoms with van der Waals surface area (Å²) in [5, 5.41) is 3.41. The van der Waals surface area contributed by atoms with E-state index in [2.05, 4.69) is 47.5 Å². The largest absolute Gasteiger partial charge is 0.357 e. The van der Waals surface area contributed by atoms with Gasteiger partial charge in [0, 0.05) is 41.9 Å². The van der Waals surface area contributed by atoms with Crippen LogP contribution in [0.2, 0.25) is 0 Å². The molecule has 1 aliphatic heterocycles. The Bertz CT molecular complexity index is 770. The van der Waals surface area contributed by atoms with Crippen LogP contribution in [-0.4, -0.2) is 47.0 Å². The molecule has 1 fully saturated rings. The van der Waals surface area contributed by atoms with Crippen molar-refractivity contribution in [1.82, 2.24) is 10.2 Å². The summed E-state index contributed by atoms with van der Waals surface area (Å²) in [7, 11) is -0.880. The maximum Gasteiger partial charge on any atom is 0.193 e. The molecule has 0 bridgehead atoms. The Morgan fingerprint density at radius 3 is 2.41 bits per heavy atom. The second-order valence-electron chi connectivity index (χ2n) is 7.30. The van der Waals surface area contributed by atoms with Crippen molar-refractivity contribution in [2.24, 2.45) is 10.9 Å². The first kappa shape index (κ1) is 23.9. The van der Waals surface area contributed by atoms with Crippen molar-refractivity contribution < 1.29 is 4.21 Å². The summed E-state index contributed by atoms with van der Waals surface area (Å²) in [4.78, 5) is 7.12. The van der Waals surface area contributed by atoms with Gasteiger partial charge in [-0.2, -0.15) is 0 Å². The van der Waals surface area contributed by atoms with Crippen molar-refractivity contribution in [3.63, 3.8) is 0 Å². The van der Waals surface area contributed by atoms with Gasteiger partial charge in [-0.3, -0.25) is 9.20 Å². The van der Waals surface area contributed by atoms with E-state index in [-0.39, 0.29) is 24.0 Å². The third-order valence-electron chi connectivity index (χ3n) is 5.04. The lowest BCUT2D eigenvalue weighted by atomic mass is 9.99. The number of rotatable bonds is 8. The predicted octanol–water partition coefficient (Wildman–Crippen LogP) is 4.08. The zero-order valence-electron chi connectivity index (χ0n) is 17.1. The van der Waals surface area contributed by atoms with Gasteiger partial charge in [0.1, 0.15) is 0 Å². The molecule has 0 aliphatic carbocycles. The second-order valence-corrected chi connectivity index (χ2v) is 8.88. The number of hydrogen-bond donors (Lipinski definition) is 1. The zero-order valence-corrected chi connectivity index (χ0v) is 20.3. The third-order valence-corrected chi connectivity index (χ3v) is 6.33. The van der Waals surface area contributed by atoms with Crippen molar-refractivity contribution in [2.75, 3.05) is 31.9 Å². The van der Waals surface area contributed by atoms with Gasteiger partial charge >= 0.3 is 0 Å². The van der Waals surface area contributed by atoms with Crippen LogP contribution in [0.4, 0.5) is 0 Å². The van der Waals surface area contributed by atoms with Gasteiger partial charge in [-0.25, -0.2) is 0 Å². The minimum absolute atomic E-state index is 0. The molecule has 0 radical (unpaired) electrons. The van der Waals surface area contributed by atoms with Crippen molar-refractivity contribution >= 4 is 40.7 Å². The monoisotopic (exact) mass is 525 g/mol. The van der Waals surface area contributed by atoms with Gasteiger partial charge in [-0.15, -0.1) is 24.0 Å². The molecule has 1 N–H and O–H groups in total. The van der Waals surface area contributed by atoms with Crippen LogP contribution in [0.25, 0.3) is 0 Å². The highest BCUT2D eigenvalue weighted by Crippen LogP contribution is 2.20. The predicted molar refractivity (Wildman–Crippen MR) is 134 cm³/mol. The molecule has 158 valence electrons. The Hall–Kier alpha value is -1.41. The third kappa shape index (κ3) is 8.09. The fraction of sp³-hybridized carbons (Fsp3) is 0.435. The normalized spacial score (nSPS) is 17.6. The average molecular weight is 526 g/mol. The highest BCUT2D eigenvalue weighted by Gasteiger charge is 2.24. The van der Waals surface area contributed by atoms with E-state index >= 15 is 0 Å². The number of nitrogens with one attached hydrogen (secondary N) is 1. The molecule has 2 aromatic rings. The zero-order chi connectivity index (χ0) is 19.6. The molecule has 1 saturated heterocycles. The van der Waals surface area contributed by atoms with E-state index in [0.717, 1.165) is 37.6 Å². The number of benzene rings is 2. The summed E-state index contributed by atoms with van der Waals surface area (Å²) in [6.07, 6.45) is 2.32. The number of hydrogen-bond acceptors (Lipinski definition) is 2. The van der Waals surface area contributed by atoms with Crippen molar-refractivity contribution in [2.45, 2.75) is 25.5 Å². The fourth-order valence-electron chi connectivity index (χ4n) is 3.65. The van der Waals surface area contributed by atoms with Crippen LogP contribution in [0.5, 0.6) is 0 Å². The van der Waals surface area contributed by atoms with Crippen LogP contribution in [0, 0.1) is 5.92 Å². The van der Waals surface area contributed by atoms with Gasteiger partial charge in [-0.1, -0.05) is 60.7 Å².